The van der Waals surface area contributed by atoms with Crippen molar-refractivity contribution in [3.63, 3.8) is 0 Å². The molecule has 0 radical (unpaired) electrons. The van der Waals surface area contributed by atoms with E-state index in [0.717, 1.165) is 22.3 Å². The topological polar surface area (TPSA) is 65.2 Å². The Morgan fingerprint density at radius 1 is 1.04 bits per heavy atom. The highest BCUT2D eigenvalue weighted by atomic mass is 16.5. The Labute approximate surface area is 133 Å². The summed E-state index contributed by atoms with van der Waals surface area (Å²) in [4.78, 5) is 15.7. The molecule has 0 amide bonds. The summed E-state index contributed by atoms with van der Waals surface area (Å²) < 4.78 is 9.73. The van der Waals surface area contributed by atoms with Crippen molar-refractivity contribution in [2.75, 3.05) is 7.11 Å². The van der Waals surface area contributed by atoms with Gasteiger partial charge in [-0.2, -0.15) is 4.98 Å². The molecule has 5 nitrogen and oxygen atoms in total. The number of carbonyl (C=O) groups excluding carboxylic acids is 1. The third-order valence-corrected chi connectivity index (χ3v) is 3.63. The molecule has 0 atom stereocenters. The lowest BCUT2D eigenvalue weighted by molar-refractivity contribution is 0.0601. The van der Waals surface area contributed by atoms with Gasteiger partial charge < -0.3 is 9.26 Å². The van der Waals surface area contributed by atoms with Crippen LogP contribution in [0.3, 0.4) is 0 Å². The number of nitrogens with zero attached hydrogens (tertiary/aromatic N) is 2. The zero-order valence-electron chi connectivity index (χ0n) is 13.2. The second kappa shape index (κ2) is 6.04. The number of hydrogen-bond donors (Lipinski definition) is 0. The second-order valence-corrected chi connectivity index (χ2v) is 5.24. The first-order valence-corrected chi connectivity index (χ1v) is 7.18. The fourth-order valence-electron chi connectivity index (χ4n) is 2.45. The van der Waals surface area contributed by atoms with E-state index < -0.39 is 0 Å². The minimum atomic E-state index is -0.337. The lowest BCUT2D eigenvalue weighted by Gasteiger charge is -2.08. The maximum absolute atomic E-state index is 11.5. The predicted octanol–water partition coefficient (Wildman–Crippen LogP) is 3.81. The van der Waals surface area contributed by atoms with Gasteiger partial charge in [0.05, 0.1) is 12.7 Å². The van der Waals surface area contributed by atoms with Crippen LogP contribution >= 0.6 is 0 Å². The SMILES string of the molecule is COC(=O)c1ccc(-c2ccc(-c3noc(C)n3)cc2C)cc1. The summed E-state index contributed by atoms with van der Waals surface area (Å²) in [6.45, 7) is 3.79. The number of methoxy groups -OCH3 is 1. The zero-order valence-corrected chi connectivity index (χ0v) is 13.2. The molecule has 0 bridgehead atoms. The molecule has 0 fully saturated rings. The maximum Gasteiger partial charge on any atom is 0.337 e. The van der Waals surface area contributed by atoms with E-state index in [9.17, 15) is 4.79 Å². The quantitative estimate of drug-likeness (QED) is 0.688. The Bertz CT molecular complexity index is 851. The minimum absolute atomic E-state index is 0.337. The number of rotatable bonds is 3. The van der Waals surface area contributed by atoms with E-state index in [1.165, 1.54) is 7.11 Å². The number of carbonyl (C=O) groups is 1. The molecule has 0 aliphatic carbocycles. The molecule has 0 saturated carbocycles. The number of hydrogen-bond acceptors (Lipinski definition) is 5. The summed E-state index contributed by atoms with van der Waals surface area (Å²) in [5.74, 6) is 0.786. The molecule has 1 heterocycles. The molecule has 3 rings (SSSR count). The second-order valence-electron chi connectivity index (χ2n) is 5.24. The van der Waals surface area contributed by atoms with Crippen LogP contribution in [-0.4, -0.2) is 23.2 Å². The largest absolute Gasteiger partial charge is 0.465 e. The molecule has 23 heavy (non-hydrogen) atoms. The summed E-state index contributed by atoms with van der Waals surface area (Å²) in [6, 6.07) is 13.3. The third-order valence-electron chi connectivity index (χ3n) is 3.63. The number of benzene rings is 2. The molecular weight excluding hydrogens is 292 g/mol. The molecule has 0 unspecified atom stereocenters. The van der Waals surface area contributed by atoms with E-state index in [0.29, 0.717) is 17.3 Å². The molecular formula is C18H16N2O3. The van der Waals surface area contributed by atoms with Gasteiger partial charge in [-0.05, 0) is 41.8 Å². The van der Waals surface area contributed by atoms with Crippen LogP contribution in [0.2, 0.25) is 0 Å². The molecule has 0 aliphatic rings. The van der Waals surface area contributed by atoms with Gasteiger partial charge in [0.15, 0.2) is 0 Å². The molecule has 3 aromatic rings. The number of aryl methyl sites for hydroxylation is 2. The van der Waals surface area contributed by atoms with Crippen LogP contribution in [-0.2, 0) is 4.74 Å². The third kappa shape index (κ3) is 2.99. The highest BCUT2D eigenvalue weighted by molar-refractivity contribution is 5.90. The minimum Gasteiger partial charge on any atom is -0.465 e. The van der Waals surface area contributed by atoms with Gasteiger partial charge in [-0.1, -0.05) is 29.4 Å². The Hall–Kier alpha value is -2.95. The average Bonchev–Trinajstić information content (AvgIpc) is 3.01. The van der Waals surface area contributed by atoms with Crippen LogP contribution in [0.25, 0.3) is 22.5 Å². The molecule has 1 aromatic heterocycles. The number of ether oxygens (including phenoxy) is 1. The number of esters is 1. The monoisotopic (exact) mass is 308 g/mol. The standard InChI is InChI=1S/C18H16N2O3/c1-11-10-15(17-19-12(2)23-20-17)8-9-16(11)13-4-6-14(7-5-13)18(21)22-3/h4-10H,1-3H3. The smallest absolute Gasteiger partial charge is 0.337 e. The van der Waals surface area contributed by atoms with E-state index in [2.05, 4.69) is 10.1 Å². The Balaban J connectivity index is 1.93. The first-order valence-electron chi connectivity index (χ1n) is 7.18. The summed E-state index contributed by atoms with van der Waals surface area (Å²) in [5, 5.41) is 3.93. The first-order chi connectivity index (χ1) is 11.1. The Kier molecular flexibility index (Phi) is 3.93. The van der Waals surface area contributed by atoms with Crippen molar-refractivity contribution in [3.05, 3.63) is 59.5 Å². The summed E-state index contributed by atoms with van der Waals surface area (Å²) in [5.41, 5.74) is 4.66. The van der Waals surface area contributed by atoms with Gasteiger partial charge in [0.2, 0.25) is 11.7 Å². The van der Waals surface area contributed by atoms with E-state index in [1.54, 1.807) is 19.1 Å². The normalized spacial score (nSPS) is 10.6. The van der Waals surface area contributed by atoms with Gasteiger partial charge in [-0.3, -0.25) is 0 Å². The maximum atomic E-state index is 11.5. The van der Waals surface area contributed by atoms with Gasteiger partial charge in [0.25, 0.3) is 0 Å². The van der Waals surface area contributed by atoms with Crippen LogP contribution in [0, 0.1) is 13.8 Å². The van der Waals surface area contributed by atoms with E-state index in [-0.39, 0.29) is 5.97 Å². The van der Waals surface area contributed by atoms with Crippen LogP contribution in [0.1, 0.15) is 21.8 Å². The van der Waals surface area contributed by atoms with Crippen LogP contribution < -0.4 is 0 Å². The molecule has 0 saturated heterocycles. The number of aromatic nitrogens is 2. The molecule has 116 valence electrons. The van der Waals surface area contributed by atoms with Crippen LogP contribution in [0.15, 0.2) is 47.0 Å². The van der Waals surface area contributed by atoms with Crippen molar-refractivity contribution < 1.29 is 14.1 Å². The molecule has 2 aromatic carbocycles. The first kappa shape index (κ1) is 15.0. The summed E-state index contributed by atoms with van der Waals surface area (Å²) in [7, 11) is 1.37. The Morgan fingerprint density at radius 3 is 2.30 bits per heavy atom. The Morgan fingerprint density at radius 2 is 1.74 bits per heavy atom. The van der Waals surface area contributed by atoms with Gasteiger partial charge >= 0.3 is 5.97 Å². The summed E-state index contributed by atoms with van der Waals surface area (Å²) >= 11 is 0. The van der Waals surface area contributed by atoms with Crippen LogP contribution in [0.4, 0.5) is 0 Å². The van der Waals surface area contributed by atoms with Gasteiger partial charge in [-0.25, -0.2) is 4.79 Å². The van der Waals surface area contributed by atoms with Crippen molar-refractivity contribution in [2.24, 2.45) is 0 Å². The fraction of sp³-hybridized carbons (Fsp3) is 0.167. The van der Waals surface area contributed by atoms with Gasteiger partial charge in [0, 0.05) is 12.5 Å². The van der Waals surface area contributed by atoms with Crippen molar-refractivity contribution in [3.8, 4) is 22.5 Å². The van der Waals surface area contributed by atoms with E-state index in [4.69, 9.17) is 9.26 Å². The van der Waals surface area contributed by atoms with E-state index in [1.807, 2.05) is 37.3 Å². The van der Waals surface area contributed by atoms with Crippen molar-refractivity contribution >= 4 is 5.97 Å². The lowest BCUT2D eigenvalue weighted by Crippen LogP contribution is -2.00. The zero-order chi connectivity index (χ0) is 16.4. The highest BCUT2D eigenvalue weighted by Crippen LogP contribution is 2.27. The average molecular weight is 308 g/mol. The molecule has 0 spiro atoms. The predicted molar refractivity (Wildman–Crippen MR) is 86.0 cm³/mol. The van der Waals surface area contributed by atoms with Crippen molar-refractivity contribution in [1.29, 1.82) is 0 Å². The van der Waals surface area contributed by atoms with Crippen molar-refractivity contribution in [2.45, 2.75) is 13.8 Å². The fourth-order valence-corrected chi connectivity index (χ4v) is 2.45. The molecule has 5 heteroatoms. The highest BCUT2D eigenvalue weighted by Gasteiger charge is 2.10. The lowest BCUT2D eigenvalue weighted by atomic mass is 9.97. The molecule has 0 aliphatic heterocycles. The van der Waals surface area contributed by atoms with E-state index >= 15 is 0 Å². The van der Waals surface area contributed by atoms with Crippen molar-refractivity contribution in [1.82, 2.24) is 10.1 Å². The summed E-state index contributed by atoms with van der Waals surface area (Å²) in [6.07, 6.45) is 0. The van der Waals surface area contributed by atoms with Gasteiger partial charge in [0.1, 0.15) is 0 Å². The van der Waals surface area contributed by atoms with Crippen LogP contribution in [0.5, 0.6) is 0 Å². The molecule has 0 N–H and O–H groups in total. The van der Waals surface area contributed by atoms with Gasteiger partial charge in [-0.15, -0.1) is 0 Å².